The molecular formula is C13H16F3N3O3S. The molecule has 1 heterocycles. The van der Waals surface area contributed by atoms with Gasteiger partial charge in [0.1, 0.15) is 0 Å². The van der Waals surface area contributed by atoms with E-state index in [1.54, 1.807) is 0 Å². The monoisotopic (exact) mass is 351 g/mol. The van der Waals surface area contributed by atoms with Crippen LogP contribution < -0.4 is 10.5 Å². The standard InChI is InChI=1S/C13H16F3N3O3S/c14-13(15,16)9-2-1-3-11(6-9)23(21,22)18-7-12(20)19-5-4-10(17)8-19/h1-3,6,10,18H,4-5,7-8,17H2/t10-/m1/s1. The second kappa shape index (κ2) is 6.46. The van der Waals surface area contributed by atoms with Crippen molar-refractivity contribution in [3.63, 3.8) is 0 Å². The van der Waals surface area contributed by atoms with Crippen LogP contribution in [-0.2, 0) is 21.0 Å². The van der Waals surface area contributed by atoms with Gasteiger partial charge in [-0.3, -0.25) is 4.79 Å². The summed E-state index contributed by atoms with van der Waals surface area (Å²) in [5.41, 5.74) is 4.58. The lowest BCUT2D eigenvalue weighted by Crippen LogP contribution is -2.40. The van der Waals surface area contributed by atoms with E-state index in [0.717, 1.165) is 18.2 Å². The van der Waals surface area contributed by atoms with Gasteiger partial charge >= 0.3 is 6.18 Å². The normalized spacial score (nSPS) is 19.1. The van der Waals surface area contributed by atoms with E-state index in [1.807, 2.05) is 4.72 Å². The lowest BCUT2D eigenvalue weighted by atomic mass is 10.2. The van der Waals surface area contributed by atoms with Crippen molar-refractivity contribution in [1.82, 2.24) is 9.62 Å². The van der Waals surface area contributed by atoms with E-state index in [0.29, 0.717) is 25.6 Å². The third-order valence-corrected chi connectivity index (χ3v) is 4.86. The summed E-state index contributed by atoms with van der Waals surface area (Å²) < 4.78 is 63.9. The summed E-state index contributed by atoms with van der Waals surface area (Å²) in [6.07, 6.45) is -4.01. The summed E-state index contributed by atoms with van der Waals surface area (Å²) >= 11 is 0. The predicted octanol–water partition coefficient (Wildman–Crippen LogP) is 0.543. The zero-order chi connectivity index (χ0) is 17.3. The first-order valence-electron chi connectivity index (χ1n) is 6.80. The minimum absolute atomic E-state index is 0.140. The number of sulfonamides is 1. The number of carbonyl (C=O) groups is 1. The minimum Gasteiger partial charge on any atom is -0.340 e. The SMILES string of the molecule is N[C@@H]1CCN(C(=O)CNS(=O)(=O)c2cccc(C(F)(F)F)c2)C1. The third kappa shape index (κ3) is 4.43. The number of nitrogens with two attached hydrogens (primary N) is 1. The molecule has 10 heteroatoms. The molecule has 0 radical (unpaired) electrons. The Labute approximate surface area is 131 Å². The molecular weight excluding hydrogens is 335 g/mol. The summed E-state index contributed by atoms with van der Waals surface area (Å²) in [6.45, 7) is 0.251. The van der Waals surface area contributed by atoms with Crippen LogP contribution in [0.4, 0.5) is 13.2 Å². The number of likely N-dealkylation sites (tertiary alicyclic amines) is 1. The van der Waals surface area contributed by atoms with Crippen molar-refractivity contribution in [3.8, 4) is 0 Å². The Hall–Kier alpha value is -1.65. The second-order valence-corrected chi connectivity index (χ2v) is 7.01. The number of carbonyl (C=O) groups excluding carboxylic acids is 1. The van der Waals surface area contributed by atoms with E-state index >= 15 is 0 Å². The summed E-state index contributed by atoms with van der Waals surface area (Å²) in [5, 5.41) is 0. The van der Waals surface area contributed by atoms with Gasteiger partial charge in [-0.05, 0) is 24.6 Å². The van der Waals surface area contributed by atoms with Crippen molar-refractivity contribution in [2.75, 3.05) is 19.6 Å². The molecule has 23 heavy (non-hydrogen) atoms. The first kappa shape index (κ1) is 17.7. The molecule has 1 atom stereocenters. The molecule has 1 fully saturated rings. The lowest BCUT2D eigenvalue weighted by Gasteiger charge is -2.16. The molecule has 0 spiro atoms. The van der Waals surface area contributed by atoms with Crippen LogP contribution in [0, 0.1) is 0 Å². The van der Waals surface area contributed by atoms with Gasteiger partial charge in [0, 0.05) is 19.1 Å². The highest BCUT2D eigenvalue weighted by Crippen LogP contribution is 2.30. The van der Waals surface area contributed by atoms with Crippen LogP contribution in [0.15, 0.2) is 29.2 Å². The molecule has 0 saturated carbocycles. The molecule has 1 aliphatic heterocycles. The Morgan fingerprint density at radius 1 is 1.39 bits per heavy atom. The first-order valence-corrected chi connectivity index (χ1v) is 8.28. The maximum absolute atomic E-state index is 12.6. The highest BCUT2D eigenvalue weighted by atomic mass is 32.2. The molecule has 1 amide bonds. The van der Waals surface area contributed by atoms with Gasteiger partial charge < -0.3 is 10.6 Å². The smallest absolute Gasteiger partial charge is 0.340 e. The molecule has 128 valence electrons. The Balaban J connectivity index is 2.06. The van der Waals surface area contributed by atoms with Crippen molar-refractivity contribution in [1.29, 1.82) is 0 Å². The van der Waals surface area contributed by atoms with E-state index in [2.05, 4.69) is 0 Å². The summed E-state index contributed by atoms with van der Waals surface area (Å²) in [7, 11) is -4.21. The number of halogens is 3. The highest BCUT2D eigenvalue weighted by Gasteiger charge is 2.32. The molecule has 0 aliphatic carbocycles. The van der Waals surface area contributed by atoms with E-state index in [4.69, 9.17) is 5.73 Å². The van der Waals surface area contributed by atoms with Gasteiger partial charge in [0.05, 0.1) is 17.0 Å². The van der Waals surface area contributed by atoms with Crippen molar-refractivity contribution in [2.45, 2.75) is 23.5 Å². The fraction of sp³-hybridized carbons (Fsp3) is 0.462. The molecule has 0 unspecified atom stereocenters. The average Bonchev–Trinajstić information content (AvgIpc) is 2.91. The summed E-state index contributed by atoms with van der Waals surface area (Å²) in [6, 6.07) is 3.19. The van der Waals surface area contributed by atoms with Crippen LogP contribution in [0.3, 0.4) is 0 Å². The van der Waals surface area contributed by atoms with Crippen LogP contribution in [-0.4, -0.2) is 44.9 Å². The van der Waals surface area contributed by atoms with Gasteiger partial charge in [0.25, 0.3) is 0 Å². The van der Waals surface area contributed by atoms with Gasteiger partial charge in [0.15, 0.2) is 0 Å². The lowest BCUT2D eigenvalue weighted by molar-refractivity contribution is -0.137. The number of hydrogen-bond acceptors (Lipinski definition) is 4. The van der Waals surface area contributed by atoms with Gasteiger partial charge in [-0.2, -0.15) is 13.2 Å². The fourth-order valence-electron chi connectivity index (χ4n) is 2.21. The van der Waals surface area contributed by atoms with E-state index in [1.165, 1.54) is 4.90 Å². The average molecular weight is 351 g/mol. The molecule has 6 nitrogen and oxygen atoms in total. The third-order valence-electron chi connectivity index (χ3n) is 3.46. The summed E-state index contributed by atoms with van der Waals surface area (Å²) in [5.74, 6) is -0.464. The molecule has 2 rings (SSSR count). The Kier molecular flexibility index (Phi) is 4.97. The van der Waals surface area contributed by atoms with Crippen molar-refractivity contribution < 1.29 is 26.4 Å². The fourth-order valence-corrected chi connectivity index (χ4v) is 3.23. The quantitative estimate of drug-likeness (QED) is 0.828. The zero-order valence-corrected chi connectivity index (χ0v) is 12.8. The molecule has 1 aliphatic rings. The number of nitrogens with one attached hydrogen (secondary N) is 1. The zero-order valence-electron chi connectivity index (χ0n) is 12.0. The molecule has 1 aromatic rings. The number of amides is 1. The van der Waals surface area contributed by atoms with E-state index in [-0.39, 0.29) is 6.04 Å². The predicted molar refractivity (Wildman–Crippen MR) is 75.8 cm³/mol. The topological polar surface area (TPSA) is 92.5 Å². The van der Waals surface area contributed by atoms with Gasteiger partial charge in [0.2, 0.25) is 15.9 Å². The number of hydrogen-bond donors (Lipinski definition) is 2. The van der Waals surface area contributed by atoms with Crippen molar-refractivity contribution in [3.05, 3.63) is 29.8 Å². The molecule has 3 N–H and O–H groups in total. The second-order valence-electron chi connectivity index (χ2n) is 5.24. The molecule has 1 saturated heterocycles. The number of benzene rings is 1. The van der Waals surface area contributed by atoms with Gasteiger partial charge in [-0.15, -0.1) is 0 Å². The van der Waals surface area contributed by atoms with Gasteiger partial charge in [-0.25, -0.2) is 13.1 Å². The van der Waals surface area contributed by atoms with Crippen LogP contribution in [0.1, 0.15) is 12.0 Å². The van der Waals surface area contributed by atoms with E-state index < -0.39 is 39.1 Å². The van der Waals surface area contributed by atoms with Crippen LogP contribution in [0.2, 0.25) is 0 Å². The number of alkyl halides is 3. The Morgan fingerprint density at radius 3 is 2.65 bits per heavy atom. The maximum atomic E-state index is 12.6. The minimum atomic E-state index is -4.65. The van der Waals surface area contributed by atoms with Crippen molar-refractivity contribution in [2.24, 2.45) is 5.73 Å². The van der Waals surface area contributed by atoms with Crippen LogP contribution in [0.25, 0.3) is 0 Å². The molecule has 1 aromatic carbocycles. The first-order chi connectivity index (χ1) is 10.6. The van der Waals surface area contributed by atoms with Crippen LogP contribution in [0.5, 0.6) is 0 Å². The summed E-state index contributed by atoms with van der Waals surface area (Å²) in [4.78, 5) is 12.7. The Morgan fingerprint density at radius 2 is 2.09 bits per heavy atom. The molecule has 0 bridgehead atoms. The number of rotatable bonds is 4. The largest absolute Gasteiger partial charge is 0.416 e. The highest BCUT2D eigenvalue weighted by molar-refractivity contribution is 7.89. The van der Waals surface area contributed by atoms with E-state index in [9.17, 15) is 26.4 Å². The van der Waals surface area contributed by atoms with Gasteiger partial charge in [-0.1, -0.05) is 6.07 Å². The molecule has 0 aromatic heterocycles. The van der Waals surface area contributed by atoms with Crippen LogP contribution >= 0.6 is 0 Å². The maximum Gasteiger partial charge on any atom is 0.416 e. The number of nitrogens with zero attached hydrogens (tertiary/aromatic N) is 1. The Bertz CT molecular complexity index is 691. The van der Waals surface area contributed by atoms with Crippen molar-refractivity contribution >= 4 is 15.9 Å².